The molecule has 2 aromatic carbocycles. The fraction of sp³-hybridized carbons (Fsp3) is 0.484. The van der Waals surface area contributed by atoms with E-state index >= 15 is 4.39 Å². The van der Waals surface area contributed by atoms with Crippen LogP contribution in [-0.4, -0.2) is 49.2 Å². The minimum atomic E-state index is -0.361. The second-order valence-electron chi connectivity index (χ2n) is 11.7. The lowest BCUT2D eigenvalue weighted by Crippen LogP contribution is -2.48. The molecule has 1 unspecified atom stereocenters. The van der Waals surface area contributed by atoms with Crippen molar-refractivity contribution >= 4 is 16.8 Å². The Hall–Kier alpha value is -3.41. The minimum absolute atomic E-state index is 0.0651. The van der Waals surface area contributed by atoms with Gasteiger partial charge in [-0.1, -0.05) is 6.07 Å². The number of carbonyl (C=O) groups is 1. The van der Waals surface area contributed by atoms with E-state index < -0.39 is 0 Å². The summed E-state index contributed by atoms with van der Waals surface area (Å²) in [6.45, 7) is 5.32. The zero-order valence-electron chi connectivity index (χ0n) is 22.6. The van der Waals surface area contributed by atoms with Crippen LogP contribution in [0.25, 0.3) is 10.9 Å². The van der Waals surface area contributed by atoms with Crippen molar-refractivity contribution in [3.63, 3.8) is 0 Å². The SMILES string of the molecule is COc1cc(C)c2[nH]ccc2c1CN1CCC2(CC(C#N)C2)CC1c1ccc(C(=O)NCC2COC2)cc1F. The van der Waals surface area contributed by atoms with Gasteiger partial charge in [-0.2, -0.15) is 5.26 Å². The van der Waals surface area contributed by atoms with Gasteiger partial charge in [-0.15, -0.1) is 0 Å². The lowest BCUT2D eigenvalue weighted by atomic mass is 9.56. The largest absolute Gasteiger partial charge is 0.496 e. The summed E-state index contributed by atoms with van der Waals surface area (Å²) in [7, 11) is 1.69. The van der Waals surface area contributed by atoms with E-state index in [9.17, 15) is 10.1 Å². The number of benzene rings is 2. The molecule has 2 aliphatic heterocycles. The van der Waals surface area contributed by atoms with Crippen LogP contribution in [0.3, 0.4) is 0 Å². The highest BCUT2D eigenvalue weighted by atomic mass is 19.1. The third kappa shape index (κ3) is 4.79. The fourth-order valence-electron chi connectivity index (χ4n) is 6.79. The standard InChI is InChI=1S/C31H35FN4O3/c1-19-9-28(38-2)25(23-5-7-34-29(19)23)16-36-8-6-31(11-20(12-31)14-33)13-27(36)24-4-3-22(10-26(24)32)30(37)35-15-21-17-39-18-21/h3-5,7,9-10,20-21,27,34H,6,8,11-13,15-18H2,1-2H3,(H,35,37). The number of aromatic nitrogens is 1. The average Bonchev–Trinajstić information content (AvgIpc) is 3.39. The smallest absolute Gasteiger partial charge is 0.251 e. The van der Waals surface area contributed by atoms with Crippen LogP contribution in [0.1, 0.15) is 58.8 Å². The van der Waals surface area contributed by atoms with E-state index in [1.54, 1.807) is 19.2 Å². The van der Waals surface area contributed by atoms with E-state index in [2.05, 4.69) is 40.3 Å². The van der Waals surface area contributed by atoms with Gasteiger partial charge in [0.1, 0.15) is 11.6 Å². The number of H-pyrrole nitrogens is 1. The van der Waals surface area contributed by atoms with Gasteiger partial charge in [-0.05, 0) is 74.4 Å². The first-order valence-corrected chi connectivity index (χ1v) is 13.8. The van der Waals surface area contributed by atoms with Crippen LogP contribution in [-0.2, 0) is 11.3 Å². The molecule has 1 aromatic heterocycles. The van der Waals surface area contributed by atoms with Gasteiger partial charge in [0.05, 0.1) is 26.4 Å². The Kier molecular flexibility index (Phi) is 6.82. The molecule has 8 heteroatoms. The lowest BCUT2D eigenvalue weighted by Gasteiger charge is -2.53. The number of nitriles is 1. The molecule has 3 aliphatic rings. The molecule has 7 nitrogen and oxygen atoms in total. The zero-order valence-corrected chi connectivity index (χ0v) is 22.6. The number of fused-ring (bicyclic) bond motifs is 1. The molecule has 0 bridgehead atoms. The van der Waals surface area contributed by atoms with E-state index in [0.717, 1.165) is 60.0 Å². The first-order valence-electron chi connectivity index (χ1n) is 13.8. The summed E-state index contributed by atoms with van der Waals surface area (Å²) < 4.78 is 26.8. The number of hydrogen-bond acceptors (Lipinski definition) is 5. The Balaban J connectivity index is 1.30. The van der Waals surface area contributed by atoms with Crippen molar-refractivity contribution in [2.75, 3.05) is 33.4 Å². The van der Waals surface area contributed by atoms with Crippen LogP contribution >= 0.6 is 0 Å². The Morgan fingerprint density at radius 2 is 2.10 bits per heavy atom. The summed E-state index contributed by atoms with van der Waals surface area (Å²) in [6.07, 6.45) is 5.47. The number of nitrogens with zero attached hydrogens (tertiary/aromatic N) is 2. The summed E-state index contributed by atoms with van der Waals surface area (Å²) in [4.78, 5) is 18.4. The summed E-state index contributed by atoms with van der Waals surface area (Å²) in [5.74, 6) is 0.622. The summed E-state index contributed by atoms with van der Waals surface area (Å²) in [5.41, 5.74) is 4.29. The van der Waals surface area contributed by atoms with Crippen molar-refractivity contribution in [1.82, 2.24) is 15.2 Å². The van der Waals surface area contributed by atoms with Gasteiger partial charge >= 0.3 is 0 Å². The predicted octanol–water partition coefficient (Wildman–Crippen LogP) is 5.26. The van der Waals surface area contributed by atoms with Crippen molar-refractivity contribution in [2.45, 2.75) is 45.2 Å². The molecule has 3 heterocycles. The zero-order chi connectivity index (χ0) is 27.1. The van der Waals surface area contributed by atoms with Crippen molar-refractivity contribution in [1.29, 1.82) is 5.26 Å². The van der Waals surface area contributed by atoms with Crippen LogP contribution in [0.5, 0.6) is 5.75 Å². The van der Waals surface area contributed by atoms with E-state index in [0.29, 0.717) is 43.3 Å². The van der Waals surface area contributed by atoms with Crippen molar-refractivity contribution < 1.29 is 18.7 Å². The molecule has 1 saturated carbocycles. The van der Waals surface area contributed by atoms with Crippen molar-refractivity contribution in [3.8, 4) is 11.8 Å². The summed E-state index contributed by atoms with van der Waals surface area (Å²) in [5, 5.41) is 13.4. The molecular formula is C31H35FN4O3. The lowest BCUT2D eigenvalue weighted by molar-refractivity contribution is -0.0307. The molecule has 1 aliphatic carbocycles. The first kappa shape index (κ1) is 25.8. The van der Waals surface area contributed by atoms with Crippen molar-refractivity contribution in [3.05, 3.63) is 64.6 Å². The number of rotatable bonds is 7. The highest BCUT2D eigenvalue weighted by Gasteiger charge is 2.49. The predicted molar refractivity (Wildman–Crippen MR) is 146 cm³/mol. The number of nitrogens with one attached hydrogen (secondary N) is 2. The van der Waals surface area contributed by atoms with Crippen LogP contribution in [0.4, 0.5) is 4.39 Å². The van der Waals surface area contributed by atoms with Gasteiger partial charge in [-0.3, -0.25) is 9.69 Å². The topological polar surface area (TPSA) is 90.4 Å². The minimum Gasteiger partial charge on any atom is -0.496 e. The van der Waals surface area contributed by atoms with E-state index in [-0.39, 0.29) is 29.1 Å². The number of halogens is 1. The molecule has 1 amide bonds. The number of methoxy groups -OCH3 is 1. The van der Waals surface area contributed by atoms with Crippen LogP contribution < -0.4 is 10.1 Å². The van der Waals surface area contributed by atoms with Gasteiger partial charge < -0.3 is 19.8 Å². The second kappa shape index (κ2) is 10.3. The normalized spacial score (nSPS) is 25.2. The Morgan fingerprint density at radius 3 is 2.79 bits per heavy atom. The molecule has 39 heavy (non-hydrogen) atoms. The molecule has 3 aromatic rings. The van der Waals surface area contributed by atoms with Crippen LogP contribution in [0.2, 0.25) is 0 Å². The van der Waals surface area contributed by atoms with E-state index in [4.69, 9.17) is 9.47 Å². The number of carbonyl (C=O) groups excluding carboxylic acids is 1. The number of likely N-dealkylation sites (tertiary alicyclic amines) is 1. The maximum absolute atomic E-state index is 15.8. The number of aromatic amines is 1. The Labute approximate surface area is 228 Å². The fourth-order valence-corrected chi connectivity index (χ4v) is 6.79. The quantitative estimate of drug-likeness (QED) is 0.435. The Morgan fingerprint density at radius 1 is 1.28 bits per heavy atom. The molecule has 2 saturated heterocycles. The van der Waals surface area contributed by atoms with Crippen LogP contribution in [0.15, 0.2) is 36.5 Å². The number of hydrogen-bond donors (Lipinski definition) is 2. The maximum Gasteiger partial charge on any atom is 0.251 e. The molecule has 204 valence electrons. The van der Waals surface area contributed by atoms with Gasteiger partial charge in [0.15, 0.2) is 0 Å². The van der Waals surface area contributed by atoms with E-state index in [1.165, 1.54) is 6.07 Å². The number of aryl methyl sites for hydroxylation is 1. The molecule has 1 atom stereocenters. The number of amides is 1. The van der Waals surface area contributed by atoms with Crippen molar-refractivity contribution in [2.24, 2.45) is 17.3 Å². The van der Waals surface area contributed by atoms with Gasteiger partial charge in [0.25, 0.3) is 5.91 Å². The highest BCUT2D eigenvalue weighted by Crippen LogP contribution is 2.57. The third-order valence-corrected chi connectivity index (χ3v) is 9.11. The molecule has 6 rings (SSSR count). The van der Waals surface area contributed by atoms with Gasteiger partial charge in [0.2, 0.25) is 0 Å². The maximum atomic E-state index is 15.8. The molecule has 2 N–H and O–H groups in total. The molecule has 1 spiro atoms. The summed E-state index contributed by atoms with van der Waals surface area (Å²) >= 11 is 0. The number of piperidine rings is 1. The average molecular weight is 531 g/mol. The molecule has 3 fully saturated rings. The van der Waals surface area contributed by atoms with Crippen LogP contribution in [0, 0.1) is 41.3 Å². The summed E-state index contributed by atoms with van der Waals surface area (Å²) in [6, 6.07) is 11.3. The monoisotopic (exact) mass is 530 g/mol. The van der Waals surface area contributed by atoms with Gasteiger partial charge in [-0.25, -0.2) is 4.39 Å². The molecular weight excluding hydrogens is 495 g/mol. The third-order valence-electron chi connectivity index (χ3n) is 9.11. The first-order chi connectivity index (χ1) is 18.9. The Bertz CT molecular complexity index is 1430. The van der Waals surface area contributed by atoms with E-state index in [1.807, 2.05) is 6.20 Å². The second-order valence-corrected chi connectivity index (χ2v) is 11.7. The van der Waals surface area contributed by atoms with Gasteiger partial charge in [0, 0.05) is 64.8 Å². The number of ether oxygens (including phenoxy) is 2. The molecule has 0 radical (unpaired) electrons. The highest BCUT2D eigenvalue weighted by molar-refractivity contribution is 5.94.